The molecule has 3 rings (SSSR count). The molecule has 1 saturated heterocycles. The van der Waals surface area contributed by atoms with Crippen LogP contribution < -0.4 is 14.8 Å². The number of carbonyl (C=O) groups is 1. The number of amides is 1. The number of rotatable bonds is 5. The lowest BCUT2D eigenvalue weighted by atomic mass is 10.2. The summed E-state index contributed by atoms with van der Waals surface area (Å²) in [7, 11) is 1.50. The van der Waals surface area contributed by atoms with Gasteiger partial charge in [0.25, 0.3) is 5.91 Å². The first-order valence-corrected chi connectivity index (χ1v) is 9.88. The van der Waals surface area contributed by atoms with Crippen molar-refractivity contribution < 1.29 is 27.4 Å². The molecule has 0 spiro atoms. The van der Waals surface area contributed by atoms with Crippen molar-refractivity contribution in [3.05, 3.63) is 57.5 Å². The number of hydrogen-bond donors (Lipinski definition) is 1. The van der Waals surface area contributed by atoms with Crippen molar-refractivity contribution in [3.63, 3.8) is 0 Å². The largest absolute Gasteiger partial charge is 0.493 e. The number of halogens is 4. The number of nitrogens with one attached hydrogen (secondary N) is 1. The quantitative estimate of drug-likeness (QED) is 0.590. The summed E-state index contributed by atoms with van der Waals surface area (Å²) < 4.78 is 50.5. The number of aliphatic imine (C=N–C) groups is 1. The number of hydrogen-bond acceptors (Lipinski definition) is 5. The first-order valence-electron chi connectivity index (χ1n) is 8.68. The molecule has 1 aliphatic rings. The summed E-state index contributed by atoms with van der Waals surface area (Å²) in [6, 6.07) is 8.41. The van der Waals surface area contributed by atoms with Gasteiger partial charge in [0.15, 0.2) is 16.7 Å². The highest BCUT2D eigenvalue weighted by Gasteiger charge is 2.34. The molecule has 10 heteroatoms. The number of carbonyl (C=O) groups excluding carboxylic acids is 1. The number of methoxy groups -OCH3 is 1. The van der Waals surface area contributed by atoms with Gasteiger partial charge in [-0.05, 0) is 60.7 Å². The van der Waals surface area contributed by atoms with Crippen molar-refractivity contribution in [2.24, 2.45) is 4.99 Å². The molecule has 0 radical (unpaired) electrons. The molecule has 0 saturated carbocycles. The molecular weight excluding hydrogens is 441 g/mol. The molecule has 0 atom stereocenters. The maximum atomic E-state index is 13.2. The Hall–Kier alpha value is -2.65. The van der Waals surface area contributed by atoms with Gasteiger partial charge in [-0.25, -0.2) is 4.99 Å². The lowest BCUT2D eigenvalue weighted by Gasteiger charge is -2.10. The van der Waals surface area contributed by atoms with Crippen molar-refractivity contribution in [1.82, 2.24) is 5.32 Å². The molecule has 1 aliphatic heterocycles. The first-order chi connectivity index (χ1) is 14.2. The van der Waals surface area contributed by atoms with Crippen LogP contribution in [0.15, 0.2) is 46.3 Å². The standard InChI is InChI=1S/C20H16ClF3N2O3S/c1-3-29-15-7-4-11(8-16(15)28-2)9-17-18(27)26-19(30-17)25-14-6-5-12(21)10-13(14)20(22,23)24/h4-10H,3H2,1-2H3,(H,25,26,27). The third-order valence-electron chi connectivity index (χ3n) is 3.92. The number of amidine groups is 1. The molecule has 2 aromatic carbocycles. The van der Waals surface area contributed by atoms with E-state index in [9.17, 15) is 18.0 Å². The van der Waals surface area contributed by atoms with E-state index in [-0.39, 0.29) is 20.8 Å². The number of benzene rings is 2. The molecule has 1 heterocycles. The summed E-state index contributed by atoms with van der Waals surface area (Å²) in [4.78, 5) is 16.5. The average molecular weight is 457 g/mol. The Bertz CT molecular complexity index is 1040. The fourth-order valence-electron chi connectivity index (χ4n) is 2.62. The maximum Gasteiger partial charge on any atom is 0.418 e. The van der Waals surface area contributed by atoms with Crippen molar-refractivity contribution in [2.75, 3.05) is 13.7 Å². The summed E-state index contributed by atoms with van der Waals surface area (Å²) in [6.07, 6.45) is -3.04. The van der Waals surface area contributed by atoms with Crippen LogP contribution in [0.4, 0.5) is 18.9 Å². The predicted molar refractivity (Wildman–Crippen MR) is 111 cm³/mol. The minimum atomic E-state index is -4.63. The van der Waals surface area contributed by atoms with Crippen LogP contribution in [0.2, 0.25) is 5.02 Å². The van der Waals surface area contributed by atoms with E-state index in [4.69, 9.17) is 21.1 Å². The van der Waals surface area contributed by atoms with Crippen LogP contribution in [0.3, 0.4) is 0 Å². The number of thioether (sulfide) groups is 1. The van der Waals surface area contributed by atoms with Gasteiger partial charge in [-0.3, -0.25) is 4.79 Å². The molecule has 30 heavy (non-hydrogen) atoms. The fraction of sp³-hybridized carbons (Fsp3) is 0.200. The highest BCUT2D eigenvalue weighted by molar-refractivity contribution is 8.18. The van der Waals surface area contributed by atoms with E-state index in [2.05, 4.69) is 10.3 Å². The molecule has 1 fully saturated rings. The van der Waals surface area contributed by atoms with Gasteiger partial charge in [0.1, 0.15) is 0 Å². The van der Waals surface area contributed by atoms with Gasteiger partial charge in [-0.1, -0.05) is 17.7 Å². The zero-order valence-corrected chi connectivity index (χ0v) is 17.4. The zero-order valence-electron chi connectivity index (χ0n) is 15.8. The monoisotopic (exact) mass is 456 g/mol. The molecule has 2 aromatic rings. The third-order valence-corrected chi connectivity index (χ3v) is 5.07. The van der Waals surface area contributed by atoms with E-state index in [0.29, 0.717) is 23.7 Å². The Kier molecular flexibility index (Phi) is 6.62. The topological polar surface area (TPSA) is 59.9 Å². The molecule has 0 unspecified atom stereocenters. The first kappa shape index (κ1) is 22.0. The molecule has 0 aliphatic carbocycles. The second kappa shape index (κ2) is 9.01. The smallest absolute Gasteiger partial charge is 0.418 e. The van der Waals surface area contributed by atoms with Crippen LogP contribution in [-0.2, 0) is 11.0 Å². The van der Waals surface area contributed by atoms with Crippen LogP contribution in [0, 0.1) is 0 Å². The highest BCUT2D eigenvalue weighted by Crippen LogP contribution is 2.39. The molecule has 0 bridgehead atoms. The fourth-order valence-corrected chi connectivity index (χ4v) is 3.63. The Morgan fingerprint density at radius 1 is 1.20 bits per heavy atom. The van der Waals surface area contributed by atoms with Crippen LogP contribution >= 0.6 is 23.4 Å². The van der Waals surface area contributed by atoms with Crippen molar-refractivity contribution >= 4 is 46.2 Å². The van der Waals surface area contributed by atoms with E-state index in [0.717, 1.165) is 23.9 Å². The second-order valence-electron chi connectivity index (χ2n) is 5.98. The van der Waals surface area contributed by atoms with E-state index in [1.165, 1.54) is 13.2 Å². The maximum absolute atomic E-state index is 13.2. The van der Waals surface area contributed by atoms with Gasteiger partial charge in [0.2, 0.25) is 0 Å². The summed E-state index contributed by atoms with van der Waals surface area (Å²) in [5.74, 6) is 0.601. The average Bonchev–Trinajstić information content (AvgIpc) is 3.02. The van der Waals surface area contributed by atoms with Gasteiger partial charge >= 0.3 is 6.18 Å². The van der Waals surface area contributed by atoms with Crippen LogP contribution in [-0.4, -0.2) is 24.8 Å². The zero-order chi connectivity index (χ0) is 21.9. The number of nitrogens with zero attached hydrogens (tertiary/aromatic N) is 1. The highest BCUT2D eigenvalue weighted by atomic mass is 35.5. The SMILES string of the molecule is CCOc1ccc(C=C2SC(=Nc3ccc(Cl)cc3C(F)(F)F)NC2=O)cc1OC. The van der Waals surface area contributed by atoms with Gasteiger partial charge in [-0.2, -0.15) is 13.2 Å². The predicted octanol–water partition coefficient (Wildman–Crippen LogP) is 5.66. The Labute approximate surface area is 179 Å². The summed E-state index contributed by atoms with van der Waals surface area (Å²) in [6.45, 7) is 2.32. The molecule has 1 amide bonds. The second-order valence-corrected chi connectivity index (χ2v) is 7.45. The minimum Gasteiger partial charge on any atom is -0.493 e. The summed E-state index contributed by atoms with van der Waals surface area (Å²) in [5.41, 5.74) is -0.651. The molecule has 5 nitrogen and oxygen atoms in total. The normalized spacial score (nSPS) is 16.8. The molecule has 158 valence electrons. The van der Waals surface area contributed by atoms with Crippen LogP contribution in [0.25, 0.3) is 6.08 Å². The molecule has 0 aromatic heterocycles. The number of alkyl halides is 3. The molecular formula is C20H16ClF3N2O3S. The summed E-state index contributed by atoms with van der Waals surface area (Å²) in [5, 5.41) is 2.46. The Morgan fingerprint density at radius 2 is 1.97 bits per heavy atom. The van der Waals surface area contributed by atoms with Gasteiger partial charge in [-0.15, -0.1) is 0 Å². The van der Waals surface area contributed by atoms with Crippen molar-refractivity contribution in [3.8, 4) is 11.5 Å². The lowest BCUT2D eigenvalue weighted by Crippen LogP contribution is -2.19. The Morgan fingerprint density at radius 3 is 2.63 bits per heavy atom. The lowest BCUT2D eigenvalue weighted by molar-refractivity contribution is -0.137. The van der Waals surface area contributed by atoms with E-state index >= 15 is 0 Å². The van der Waals surface area contributed by atoms with Gasteiger partial charge in [0, 0.05) is 5.02 Å². The molecule has 1 N–H and O–H groups in total. The number of ether oxygens (including phenoxy) is 2. The minimum absolute atomic E-state index is 0.0389. The van der Waals surface area contributed by atoms with E-state index < -0.39 is 17.6 Å². The van der Waals surface area contributed by atoms with Crippen LogP contribution in [0.5, 0.6) is 11.5 Å². The van der Waals surface area contributed by atoms with E-state index in [1.807, 2.05) is 6.92 Å². The van der Waals surface area contributed by atoms with Gasteiger partial charge < -0.3 is 14.8 Å². The van der Waals surface area contributed by atoms with Gasteiger partial charge in [0.05, 0.1) is 29.9 Å². The van der Waals surface area contributed by atoms with Crippen LogP contribution in [0.1, 0.15) is 18.1 Å². The summed E-state index contributed by atoms with van der Waals surface area (Å²) >= 11 is 6.62. The third kappa shape index (κ3) is 5.09. The van der Waals surface area contributed by atoms with E-state index in [1.54, 1.807) is 24.3 Å². The van der Waals surface area contributed by atoms with Crippen molar-refractivity contribution in [2.45, 2.75) is 13.1 Å². The van der Waals surface area contributed by atoms with Crippen molar-refractivity contribution in [1.29, 1.82) is 0 Å². The Balaban J connectivity index is 1.89.